The van der Waals surface area contributed by atoms with E-state index in [-0.39, 0.29) is 0 Å². The molecule has 0 heterocycles. The highest BCUT2D eigenvalue weighted by Gasteiger charge is 2.27. The van der Waals surface area contributed by atoms with Crippen LogP contribution in [-0.2, 0) is 9.73 Å². The second-order valence-corrected chi connectivity index (χ2v) is 7.29. The first-order valence-corrected chi connectivity index (χ1v) is 7.37. The molecule has 1 amide bonds. The lowest BCUT2D eigenvalue weighted by Gasteiger charge is -2.33. The molecule has 0 fully saturated rings. The van der Waals surface area contributed by atoms with Gasteiger partial charge in [-0.05, 0) is 45.0 Å². The van der Waals surface area contributed by atoms with Crippen LogP contribution in [0, 0.1) is 4.78 Å². The molecule has 0 saturated carbocycles. The summed E-state index contributed by atoms with van der Waals surface area (Å²) in [6.45, 7) is 5.38. The van der Waals surface area contributed by atoms with Gasteiger partial charge in [0.2, 0.25) is 0 Å². The van der Waals surface area contributed by atoms with E-state index in [2.05, 4.69) is 0 Å². The third-order valence-corrected chi connectivity index (χ3v) is 3.58. The lowest BCUT2D eigenvalue weighted by Crippen LogP contribution is -2.45. The molecule has 0 spiro atoms. The molecule has 1 unspecified atom stereocenters. The van der Waals surface area contributed by atoms with Gasteiger partial charge < -0.3 is 5.11 Å². The Balaban J connectivity index is 3.22. The van der Waals surface area contributed by atoms with Crippen LogP contribution < -0.4 is 4.90 Å². The van der Waals surface area contributed by atoms with Crippen molar-refractivity contribution < 1.29 is 14.1 Å². The molecular weight excluding hydrogens is 252 g/mol. The fourth-order valence-corrected chi connectivity index (χ4v) is 2.29. The molecule has 100 valence electrons. The number of benzene rings is 1. The first-order chi connectivity index (χ1) is 8.03. The summed E-state index contributed by atoms with van der Waals surface area (Å²) in [5.41, 5.74) is -0.0653. The molecule has 2 N–H and O–H groups in total. The summed E-state index contributed by atoms with van der Waals surface area (Å²) in [5.74, 6) is 0. The maximum absolute atomic E-state index is 11.5. The summed E-state index contributed by atoms with van der Waals surface area (Å²) >= 11 is 0. The van der Waals surface area contributed by atoms with Gasteiger partial charge in [0, 0.05) is 22.4 Å². The minimum absolute atomic E-state index is 0.394. The zero-order valence-corrected chi connectivity index (χ0v) is 11.7. The molecule has 1 aromatic carbocycles. The van der Waals surface area contributed by atoms with Crippen molar-refractivity contribution in [3.63, 3.8) is 0 Å². The molecule has 0 aliphatic carbocycles. The highest BCUT2D eigenvalue weighted by atomic mass is 32.2. The Morgan fingerprint density at radius 1 is 1.28 bits per heavy atom. The molecule has 0 aliphatic heterocycles. The summed E-state index contributed by atoms with van der Waals surface area (Å²) in [6, 6.07) is 6.22. The monoisotopic (exact) mass is 270 g/mol. The molecule has 1 aromatic rings. The second-order valence-electron chi connectivity index (χ2n) is 5.13. The Bertz CT molecular complexity index is 542. The van der Waals surface area contributed by atoms with Crippen LogP contribution in [-0.4, -0.2) is 27.2 Å². The van der Waals surface area contributed by atoms with Crippen LogP contribution in [0.2, 0.25) is 0 Å². The van der Waals surface area contributed by atoms with E-state index in [4.69, 9.17) is 4.78 Å². The minimum Gasteiger partial charge on any atom is -0.465 e. The van der Waals surface area contributed by atoms with E-state index >= 15 is 0 Å². The van der Waals surface area contributed by atoms with Gasteiger partial charge >= 0.3 is 6.09 Å². The number of carboxylic acid groups (broad SMARTS) is 1. The van der Waals surface area contributed by atoms with Gasteiger partial charge in [-0.3, -0.25) is 4.90 Å². The van der Waals surface area contributed by atoms with Crippen molar-refractivity contribution in [1.82, 2.24) is 0 Å². The predicted molar refractivity (Wildman–Crippen MR) is 71.8 cm³/mol. The Morgan fingerprint density at radius 3 is 2.00 bits per heavy atom. The number of hydrogen-bond donors (Lipinski definition) is 2. The third-order valence-electron chi connectivity index (χ3n) is 2.41. The number of nitrogens with zero attached hydrogens (tertiary/aromatic N) is 1. The highest BCUT2D eigenvalue weighted by Crippen LogP contribution is 2.25. The van der Waals surface area contributed by atoms with Crippen molar-refractivity contribution in [3.8, 4) is 0 Å². The van der Waals surface area contributed by atoms with E-state index < -0.39 is 21.4 Å². The molecule has 18 heavy (non-hydrogen) atoms. The normalized spacial score (nSPS) is 14.9. The smallest absolute Gasteiger partial charge is 0.412 e. The number of carbonyl (C=O) groups is 1. The largest absolute Gasteiger partial charge is 0.465 e. The van der Waals surface area contributed by atoms with Gasteiger partial charge in [0.15, 0.2) is 0 Å². The number of anilines is 1. The van der Waals surface area contributed by atoms with Crippen molar-refractivity contribution in [2.75, 3.05) is 11.2 Å². The summed E-state index contributed by atoms with van der Waals surface area (Å²) in [6.07, 6.45) is 0.291. The lowest BCUT2D eigenvalue weighted by molar-refractivity contribution is 0.195. The summed E-state index contributed by atoms with van der Waals surface area (Å²) in [7, 11) is -2.77. The lowest BCUT2D eigenvalue weighted by atomic mass is 10.1. The molecule has 6 heteroatoms. The SMILES string of the molecule is CC(C)(C)N(C(=O)O)c1ccc(S(C)(=N)=O)cc1. The molecule has 0 aliphatic rings. The van der Waals surface area contributed by atoms with E-state index in [1.807, 2.05) is 0 Å². The van der Waals surface area contributed by atoms with Gasteiger partial charge in [0.1, 0.15) is 0 Å². The van der Waals surface area contributed by atoms with Crippen LogP contribution in [0.1, 0.15) is 20.8 Å². The molecule has 1 rings (SSSR count). The maximum atomic E-state index is 11.5. The van der Waals surface area contributed by atoms with Gasteiger partial charge in [-0.25, -0.2) is 13.8 Å². The van der Waals surface area contributed by atoms with Gasteiger partial charge in [0.25, 0.3) is 0 Å². The van der Waals surface area contributed by atoms with Crippen molar-refractivity contribution >= 4 is 21.5 Å². The van der Waals surface area contributed by atoms with Crippen LogP contribution in [0.25, 0.3) is 0 Å². The van der Waals surface area contributed by atoms with Crippen LogP contribution in [0.4, 0.5) is 10.5 Å². The number of amides is 1. The average Bonchev–Trinajstić information content (AvgIpc) is 2.13. The fourth-order valence-electron chi connectivity index (χ4n) is 1.64. The van der Waals surface area contributed by atoms with Crippen molar-refractivity contribution in [2.24, 2.45) is 0 Å². The Labute approximate surface area is 107 Å². The van der Waals surface area contributed by atoms with E-state index in [1.165, 1.54) is 23.3 Å². The molecular formula is C12H18N2O3S. The van der Waals surface area contributed by atoms with Crippen molar-refractivity contribution in [3.05, 3.63) is 24.3 Å². The van der Waals surface area contributed by atoms with Crippen molar-refractivity contribution in [2.45, 2.75) is 31.2 Å². The molecule has 0 saturated heterocycles. The average molecular weight is 270 g/mol. The first-order valence-electron chi connectivity index (χ1n) is 5.40. The summed E-state index contributed by atoms with van der Waals surface area (Å²) in [5, 5.41) is 9.22. The Hall–Kier alpha value is -1.56. The van der Waals surface area contributed by atoms with E-state index in [1.54, 1.807) is 32.9 Å². The van der Waals surface area contributed by atoms with E-state index in [0.717, 1.165) is 0 Å². The molecule has 0 radical (unpaired) electrons. The van der Waals surface area contributed by atoms with Gasteiger partial charge in [-0.15, -0.1) is 0 Å². The topological polar surface area (TPSA) is 81.5 Å². The number of nitrogens with one attached hydrogen (secondary N) is 1. The van der Waals surface area contributed by atoms with Crippen molar-refractivity contribution in [1.29, 1.82) is 4.78 Å². The molecule has 0 aromatic heterocycles. The predicted octanol–water partition coefficient (Wildman–Crippen LogP) is 3.00. The van der Waals surface area contributed by atoms with Crippen LogP contribution >= 0.6 is 0 Å². The second kappa shape index (κ2) is 4.61. The zero-order chi connectivity index (χ0) is 14.1. The number of hydrogen-bond acceptors (Lipinski definition) is 3. The van der Waals surface area contributed by atoms with Crippen LogP contribution in [0.5, 0.6) is 0 Å². The Kier molecular flexibility index (Phi) is 3.71. The minimum atomic E-state index is -2.77. The first kappa shape index (κ1) is 14.5. The standard InChI is InChI=1S/C12H18N2O3S/c1-12(2,3)14(11(15)16)9-5-7-10(8-6-9)18(4,13)17/h5-8,13H,1-4H3,(H,15,16). The van der Waals surface area contributed by atoms with Gasteiger partial charge in [-0.1, -0.05) is 0 Å². The van der Waals surface area contributed by atoms with E-state index in [9.17, 15) is 14.1 Å². The number of rotatable bonds is 2. The maximum Gasteiger partial charge on any atom is 0.412 e. The van der Waals surface area contributed by atoms with Gasteiger partial charge in [-0.2, -0.15) is 0 Å². The van der Waals surface area contributed by atoms with E-state index in [0.29, 0.717) is 10.6 Å². The summed E-state index contributed by atoms with van der Waals surface area (Å²) in [4.78, 5) is 12.9. The van der Waals surface area contributed by atoms with Gasteiger partial charge in [0.05, 0.1) is 9.73 Å². The Morgan fingerprint density at radius 2 is 1.72 bits per heavy atom. The third kappa shape index (κ3) is 3.22. The highest BCUT2D eigenvalue weighted by molar-refractivity contribution is 7.91. The fraction of sp³-hybridized carbons (Fsp3) is 0.417. The van der Waals surface area contributed by atoms with Crippen LogP contribution in [0.3, 0.4) is 0 Å². The molecule has 5 nitrogen and oxygen atoms in total. The molecule has 1 atom stereocenters. The van der Waals surface area contributed by atoms with Crippen LogP contribution in [0.15, 0.2) is 29.2 Å². The summed E-state index contributed by atoms with van der Waals surface area (Å²) < 4.78 is 19.0. The molecule has 0 bridgehead atoms. The quantitative estimate of drug-likeness (QED) is 0.866. The zero-order valence-electron chi connectivity index (χ0n) is 10.9.